The maximum absolute atomic E-state index is 10.9. The van der Waals surface area contributed by atoms with Gasteiger partial charge in [-0.2, -0.15) is 5.26 Å². The average Bonchev–Trinajstić information content (AvgIpc) is 2.15. The van der Waals surface area contributed by atoms with Gasteiger partial charge in [-0.25, -0.2) is 4.79 Å². The summed E-state index contributed by atoms with van der Waals surface area (Å²) in [6.45, 7) is 1.71. The zero-order chi connectivity index (χ0) is 11.7. The van der Waals surface area contributed by atoms with E-state index in [2.05, 4.69) is 6.07 Å². The van der Waals surface area contributed by atoms with Crippen molar-refractivity contribution in [2.45, 2.75) is 32.1 Å². The maximum Gasteiger partial charge on any atom is 0.335 e. The predicted octanol–water partition coefficient (Wildman–Crippen LogP) is 2.83. The van der Waals surface area contributed by atoms with Gasteiger partial charge in [0.15, 0.2) is 0 Å². The zero-order valence-electron chi connectivity index (χ0n) is 9.16. The van der Waals surface area contributed by atoms with Crippen molar-refractivity contribution in [2.24, 2.45) is 0 Å². The monoisotopic (exact) mass is 215 g/mol. The Morgan fingerprint density at radius 1 is 1.50 bits per heavy atom. The molecule has 0 amide bonds. The Labute approximate surface area is 94.3 Å². The smallest absolute Gasteiger partial charge is 0.335 e. The molecular formula is C13H13NO2. The van der Waals surface area contributed by atoms with Crippen LogP contribution < -0.4 is 0 Å². The summed E-state index contributed by atoms with van der Waals surface area (Å²) in [6, 6.07) is 5.57. The molecule has 0 bridgehead atoms. The van der Waals surface area contributed by atoms with E-state index in [0.717, 1.165) is 18.4 Å². The lowest BCUT2D eigenvalue weighted by Gasteiger charge is -2.27. The van der Waals surface area contributed by atoms with E-state index in [9.17, 15) is 4.79 Å². The van der Waals surface area contributed by atoms with Gasteiger partial charge in [-0.1, -0.05) is 12.5 Å². The first kappa shape index (κ1) is 10.7. The van der Waals surface area contributed by atoms with Crippen LogP contribution >= 0.6 is 0 Å². The number of carboxylic acid groups (broad SMARTS) is 1. The second kappa shape index (κ2) is 3.97. The Hall–Kier alpha value is -1.82. The van der Waals surface area contributed by atoms with Crippen LogP contribution in [-0.4, -0.2) is 11.1 Å². The highest BCUT2D eigenvalue weighted by molar-refractivity contribution is 5.90. The van der Waals surface area contributed by atoms with Crippen molar-refractivity contribution in [1.82, 2.24) is 0 Å². The van der Waals surface area contributed by atoms with Crippen LogP contribution in [0.2, 0.25) is 0 Å². The van der Waals surface area contributed by atoms with E-state index in [1.54, 1.807) is 19.1 Å². The Morgan fingerprint density at radius 3 is 2.62 bits per heavy atom. The molecule has 3 heteroatoms. The summed E-state index contributed by atoms with van der Waals surface area (Å²) in [6.07, 6.45) is 3.43. The topological polar surface area (TPSA) is 61.1 Å². The molecule has 0 radical (unpaired) electrons. The number of aromatic carboxylic acids is 1. The van der Waals surface area contributed by atoms with Crippen LogP contribution in [0.5, 0.6) is 0 Å². The molecule has 1 saturated carbocycles. The highest BCUT2D eigenvalue weighted by Gasteiger charge is 2.24. The molecule has 0 spiro atoms. The first-order valence-corrected chi connectivity index (χ1v) is 5.42. The molecule has 1 aliphatic rings. The fourth-order valence-corrected chi connectivity index (χ4v) is 2.17. The normalized spacial score (nSPS) is 15.2. The summed E-state index contributed by atoms with van der Waals surface area (Å²) in [5.74, 6) is -0.509. The highest BCUT2D eigenvalue weighted by Crippen LogP contribution is 2.39. The number of benzene rings is 1. The molecule has 0 heterocycles. The van der Waals surface area contributed by atoms with Crippen LogP contribution in [-0.2, 0) is 0 Å². The Morgan fingerprint density at radius 2 is 2.19 bits per heavy atom. The van der Waals surface area contributed by atoms with Crippen LogP contribution in [0.1, 0.15) is 52.2 Å². The van der Waals surface area contributed by atoms with Gasteiger partial charge >= 0.3 is 5.97 Å². The van der Waals surface area contributed by atoms with Gasteiger partial charge in [-0.05, 0) is 42.9 Å². The minimum absolute atomic E-state index is 0.236. The molecule has 1 fully saturated rings. The summed E-state index contributed by atoms with van der Waals surface area (Å²) >= 11 is 0. The third kappa shape index (κ3) is 1.57. The quantitative estimate of drug-likeness (QED) is 0.825. The zero-order valence-corrected chi connectivity index (χ0v) is 9.16. The summed E-state index contributed by atoms with van der Waals surface area (Å²) in [7, 11) is 0. The van der Waals surface area contributed by atoms with Crippen molar-refractivity contribution in [3.63, 3.8) is 0 Å². The molecule has 82 valence electrons. The molecule has 1 aromatic carbocycles. The molecule has 0 saturated heterocycles. The molecule has 0 aliphatic heterocycles. The third-order valence-electron chi connectivity index (χ3n) is 3.38. The number of nitrogens with zero attached hydrogens (tertiary/aromatic N) is 1. The van der Waals surface area contributed by atoms with Gasteiger partial charge in [0, 0.05) is 0 Å². The molecule has 0 aromatic heterocycles. The number of hydrogen-bond acceptors (Lipinski definition) is 2. The number of nitriles is 1. The van der Waals surface area contributed by atoms with Gasteiger partial charge < -0.3 is 5.11 Å². The van der Waals surface area contributed by atoms with Crippen molar-refractivity contribution in [2.75, 3.05) is 0 Å². The lowest BCUT2D eigenvalue weighted by Crippen LogP contribution is -2.13. The Balaban J connectivity index is 2.53. The molecule has 16 heavy (non-hydrogen) atoms. The van der Waals surface area contributed by atoms with Crippen molar-refractivity contribution in [1.29, 1.82) is 5.26 Å². The second-order valence-corrected chi connectivity index (χ2v) is 4.25. The van der Waals surface area contributed by atoms with Crippen LogP contribution in [0.3, 0.4) is 0 Å². The van der Waals surface area contributed by atoms with Crippen molar-refractivity contribution in [3.05, 3.63) is 34.4 Å². The fraction of sp³-hybridized carbons (Fsp3) is 0.385. The maximum atomic E-state index is 10.9. The van der Waals surface area contributed by atoms with Gasteiger partial charge in [0.25, 0.3) is 0 Å². The van der Waals surface area contributed by atoms with Crippen LogP contribution in [0.4, 0.5) is 0 Å². The van der Waals surface area contributed by atoms with E-state index >= 15 is 0 Å². The molecule has 1 aliphatic carbocycles. The van der Waals surface area contributed by atoms with E-state index in [-0.39, 0.29) is 5.56 Å². The third-order valence-corrected chi connectivity index (χ3v) is 3.38. The first-order valence-electron chi connectivity index (χ1n) is 5.42. The molecule has 2 rings (SSSR count). The fourth-order valence-electron chi connectivity index (χ4n) is 2.17. The molecule has 0 unspecified atom stereocenters. The standard InChI is InChI=1S/C13H13NO2/c1-8-10(13(15)16)5-6-11(12(8)7-14)9-3-2-4-9/h5-6,9H,2-4H2,1H3,(H,15,16). The molecule has 1 N–H and O–H groups in total. The van der Waals surface area contributed by atoms with Crippen molar-refractivity contribution >= 4 is 5.97 Å². The summed E-state index contributed by atoms with van der Waals surface area (Å²) in [5.41, 5.74) is 2.42. The molecule has 3 nitrogen and oxygen atoms in total. The average molecular weight is 215 g/mol. The minimum Gasteiger partial charge on any atom is -0.478 e. The Bertz CT molecular complexity index is 481. The minimum atomic E-state index is -0.964. The first-order chi connectivity index (χ1) is 7.65. The van der Waals surface area contributed by atoms with E-state index in [1.165, 1.54) is 6.42 Å². The van der Waals surface area contributed by atoms with E-state index in [1.807, 2.05) is 0 Å². The number of carbonyl (C=O) groups is 1. The van der Waals surface area contributed by atoms with Gasteiger partial charge in [-0.3, -0.25) is 0 Å². The Kier molecular flexibility index (Phi) is 2.66. The van der Waals surface area contributed by atoms with Crippen LogP contribution in [0.25, 0.3) is 0 Å². The lowest BCUT2D eigenvalue weighted by atomic mass is 9.77. The second-order valence-electron chi connectivity index (χ2n) is 4.25. The lowest BCUT2D eigenvalue weighted by molar-refractivity contribution is 0.0696. The van der Waals surface area contributed by atoms with Crippen molar-refractivity contribution < 1.29 is 9.90 Å². The summed E-state index contributed by atoms with van der Waals surface area (Å²) in [5, 5.41) is 18.1. The molecular weight excluding hydrogens is 202 g/mol. The largest absolute Gasteiger partial charge is 0.478 e. The SMILES string of the molecule is Cc1c(C(=O)O)ccc(C2CCC2)c1C#N. The van der Waals surface area contributed by atoms with Crippen LogP contribution in [0, 0.1) is 18.3 Å². The number of carboxylic acids is 1. The van der Waals surface area contributed by atoms with E-state index < -0.39 is 5.97 Å². The van der Waals surface area contributed by atoms with E-state index in [0.29, 0.717) is 17.0 Å². The van der Waals surface area contributed by atoms with Crippen molar-refractivity contribution in [3.8, 4) is 6.07 Å². The number of hydrogen-bond donors (Lipinski definition) is 1. The van der Waals surface area contributed by atoms with Gasteiger partial charge in [0.1, 0.15) is 0 Å². The summed E-state index contributed by atoms with van der Waals surface area (Å²) in [4.78, 5) is 10.9. The molecule has 0 atom stereocenters. The predicted molar refractivity (Wildman–Crippen MR) is 59.4 cm³/mol. The number of rotatable bonds is 2. The van der Waals surface area contributed by atoms with Gasteiger partial charge in [-0.15, -0.1) is 0 Å². The van der Waals surface area contributed by atoms with E-state index in [4.69, 9.17) is 10.4 Å². The molecule has 1 aromatic rings. The van der Waals surface area contributed by atoms with Crippen LogP contribution in [0.15, 0.2) is 12.1 Å². The summed E-state index contributed by atoms with van der Waals surface area (Å²) < 4.78 is 0. The highest BCUT2D eigenvalue weighted by atomic mass is 16.4. The van der Waals surface area contributed by atoms with Gasteiger partial charge in [0.2, 0.25) is 0 Å². The van der Waals surface area contributed by atoms with Gasteiger partial charge in [0.05, 0.1) is 17.2 Å².